The predicted octanol–water partition coefficient (Wildman–Crippen LogP) is 2.95. The van der Waals surface area contributed by atoms with E-state index in [9.17, 15) is 4.79 Å². The molecule has 0 amide bonds. The van der Waals surface area contributed by atoms with Gasteiger partial charge in [-0.1, -0.05) is 32.0 Å². The third-order valence-corrected chi connectivity index (χ3v) is 2.83. The molecule has 0 fully saturated rings. The molecule has 21 heavy (non-hydrogen) atoms. The van der Waals surface area contributed by atoms with Crippen molar-refractivity contribution in [2.75, 3.05) is 0 Å². The number of hydrogen-bond acceptors (Lipinski definition) is 5. The Hall–Kier alpha value is -2.37. The van der Waals surface area contributed by atoms with Gasteiger partial charge < -0.3 is 14.4 Å². The van der Waals surface area contributed by atoms with E-state index in [-0.39, 0.29) is 17.6 Å². The van der Waals surface area contributed by atoms with Gasteiger partial charge in [0, 0.05) is 5.41 Å². The van der Waals surface area contributed by atoms with Gasteiger partial charge in [-0.15, -0.1) is 0 Å². The van der Waals surface area contributed by atoms with E-state index < -0.39 is 5.97 Å². The van der Waals surface area contributed by atoms with Crippen molar-refractivity contribution in [3.63, 3.8) is 0 Å². The summed E-state index contributed by atoms with van der Waals surface area (Å²) in [5.41, 5.74) is 0.791. The third kappa shape index (κ3) is 3.59. The van der Waals surface area contributed by atoms with Crippen molar-refractivity contribution in [2.45, 2.75) is 39.7 Å². The van der Waals surface area contributed by atoms with Crippen molar-refractivity contribution < 1.29 is 19.2 Å². The molecule has 1 heterocycles. The maximum absolute atomic E-state index is 11.2. The molecule has 0 bridgehead atoms. The predicted molar refractivity (Wildman–Crippen MR) is 75.5 cm³/mol. The van der Waals surface area contributed by atoms with Crippen LogP contribution in [0, 0.1) is 6.92 Å². The maximum atomic E-state index is 11.2. The van der Waals surface area contributed by atoms with Gasteiger partial charge in [-0.25, -0.2) is 4.79 Å². The molecule has 0 aliphatic heterocycles. The minimum Gasteiger partial charge on any atom is -0.485 e. The highest BCUT2D eigenvalue weighted by atomic mass is 16.5. The second-order valence-corrected chi connectivity index (χ2v) is 5.86. The van der Waals surface area contributed by atoms with Gasteiger partial charge in [0.2, 0.25) is 11.7 Å². The highest BCUT2D eigenvalue weighted by molar-refractivity contribution is 5.90. The zero-order chi connectivity index (χ0) is 15.6. The first kappa shape index (κ1) is 15.0. The van der Waals surface area contributed by atoms with Crippen LogP contribution in [0.1, 0.15) is 48.4 Å². The Balaban J connectivity index is 2.15. The highest BCUT2D eigenvalue weighted by Gasteiger charge is 2.22. The summed E-state index contributed by atoms with van der Waals surface area (Å²) < 4.78 is 10.7. The van der Waals surface area contributed by atoms with E-state index in [1.165, 1.54) is 6.07 Å². The minimum absolute atomic E-state index is 0.0588. The molecule has 6 nitrogen and oxygen atoms in total. The normalized spacial score (nSPS) is 11.4. The van der Waals surface area contributed by atoms with Gasteiger partial charge in [-0.3, -0.25) is 0 Å². The van der Waals surface area contributed by atoms with Crippen molar-refractivity contribution in [1.29, 1.82) is 0 Å². The summed E-state index contributed by atoms with van der Waals surface area (Å²) in [5, 5.41) is 13.0. The standard InChI is InChI=1S/C15H18N2O4/c1-9-5-6-10(13(18)19)11(7-9)20-8-12-16-14(21-17-12)15(2,3)4/h5-7H,8H2,1-4H3,(H,18,19). The molecular weight excluding hydrogens is 272 g/mol. The zero-order valence-electron chi connectivity index (χ0n) is 12.5. The summed E-state index contributed by atoms with van der Waals surface area (Å²) in [5.74, 6) is 0.166. The molecule has 0 atom stereocenters. The number of hydrogen-bond donors (Lipinski definition) is 1. The molecule has 6 heteroatoms. The fraction of sp³-hybridized carbons (Fsp3) is 0.400. The van der Waals surface area contributed by atoms with Crippen LogP contribution in [0.4, 0.5) is 0 Å². The van der Waals surface area contributed by atoms with Gasteiger partial charge in [0.25, 0.3) is 0 Å². The number of aromatic carboxylic acids is 1. The van der Waals surface area contributed by atoms with Crippen molar-refractivity contribution >= 4 is 5.97 Å². The molecule has 0 spiro atoms. The number of carboxylic acid groups (broad SMARTS) is 1. The number of rotatable bonds is 4. The average Bonchev–Trinajstić information content (AvgIpc) is 2.84. The van der Waals surface area contributed by atoms with Crippen molar-refractivity contribution in [3.8, 4) is 5.75 Å². The second-order valence-electron chi connectivity index (χ2n) is 5.86. The monoisotopic (exact) mass is 290 g/mol. The van der Waals surface area contributed by atoms with Crippen LogP contribution in [0.3, 0.4) is 0 Å². The second kappa shape index (κ2) is 5.55. The average molecular weight is 290 g/mol. The SMILES string of the molecule is Cc1ccc(C(=O)O)c(OCc2noc(C(C)(C)C)n2)c1. The topological polar surface area (TPSA) is 85.5 Å². The third-order valence-electron chi connectivity index (χ3n) is 2.83. The summed E-state index contributed by atoms with van der Waals surface area (Å²) in [6.45, 7) is 7.82. The molecule has 0 saturated heterocycles. The Morgan fingerprint density at radius 3 is 2.67 bits per heavy atom. The first-order valence-corrected chi connectivity index (χ1v) is 6.57. The van der Waals surface area contributed by atoms with Gasteiger partial charge in [0.05, 0.1) is 0 Å². The lowest BCUT2D eigenvalue weighted by atomic mass is 9.97. The van der Waals surface area contributed by atoms with E-state index >= 15 is 0 Å². The highest BCUT2D eigenvalue weighted by Crippen LogP contribution is 2.23. The molecule has 0 unspecified atom stereocenters. The fourth-order valence-corrected chi connectivity index (χ4v) is 1.69. The van der Waals surface area contributed by atoms with Crippen LogP contribution < -0.4 is 4.74 Å². The molecule has 2 aromatic rings. The molecule has 0 aliphatic carbocycles. The summed E-state index contributed by atoms with van der Waals surface area (Å²) >= 11 is 0. The van der Waals surface area contributed by atoms with Gasteiger partial charge in [-0.2, -0.15) is 4.98 Å². The van der Waals surface area contributed by atoms with E-state index in [1.54, 1.807) is 12.1 Å². The number of ether oxygens (including phenoxy) is 1. The molecule has 1 aromatic carbocycles. The van der Waals surface area contributed by atoms with Crippen LogP contribution in [0.2, 0.25) is 0 Å². The smallest absolute Gasteiger partial charge is 0.339 e. The van der Waals surface area contributed by atoms with Crippen LogP contribution in [0.25, 0.3) is 0 Å². The van der Waals surface area contributed by atoms with E-state index in [1.807, 2.05) is 27.7 Å². The first-order chi connectivity index (χ1) is 9.77. The Bertz CT molecular complexity index is 656. The number of aryl methyl sites for hydroxylation is 1. The van der Waals surface area contributed by atoms with Crippen LogP contribution in [0.5, 0.6) is 5.75 Å². The van der Waals surface area contributed by atoms with Crippen molar-refractivity contribution in [2.24, 2.45) is 0 Å². The molecule has 0 aliphatic rings. The first-order valence-electron chi connectivity index (χ1n) is 6.57. The van der Waals surface area contributed by atoms with Crippen LogP contribution in [0.15, 0.2) is 22.7 Å². The van der Waals surface area contributed by atoms with Gasteiger partial charge >= 0.3 is 5.97 Å². The Kier molecular flexibility index (Phi) is 3.97. The molecule has 112 valence electrons. The van der Waals surface area contributed by atoms with E-state index in [0.29, 0.717) is 17.5 Å². The molecule has 2 rings (SSSR count). The molecule has 1 aromatic heterocycles. The number of carbonyl (C=O) groups is 1. The van der Waals surface area contributed by atoms with Gasteiger partial charge in [0.1, 0.15) is 11.3 Å². The van der Waals surface area contributed by atoms with E-state index in [0.717, 1.165) is 5.56 Å². The van der Waals surface area contributed by atoms with Crippen molar-refractivity contribution in [3.05, 3.63) is 41.0 Å². The number of carboxylic acids is 1. The lowest BCUT2D eigenvalue weighted by Gasteiger charge is -2.10. The van der Waals surface area contributed by atoms with Crippen LogP contribution in [-0.2, 0) is 12.0 Å². The lowest BCUT2D eigenvalue weighted by molar-refractivity contribution is 0.0691. The number of benzene rings is 1. The fourth-order valence-electron chi connectivity index (χ4n) is 1.69. The Morgan fingerprint density at radius 1 is 1.38 bits per heavy atom. The Labute approximate surface area is 122 Å². The minimum atomic E-state index is -1.03. The van der Waals surface area contributed by atoms with Gasteiger partial charge in [-0.05, 0) is 24.6 Å². The molecule has 0 saturated carbocycles. The Morgan fingerprint density at radius 2 is 2.10 bits per heavy atom. The number of aromatic nitrogens is 2. The van der Waals surface area contributed by atoms with Crippen LogP contribution >= 0.6 is 0 Å². The quantitative estimate of drug-likeness (QED) is 0.931. The van der Waals surface area contributed by atoms with Gasteiger partial charge in [0.15, 0.2) is 6.61 Å². The van der Waals surface area contributed by atoms with Crippen LogP contribution in [-0.4, -0.2) is 21.2 Å². The van der Waals surface area contributed by atoms with E-state index in [2.05, 4.69) is 10.1 Å². The number of nitrogens with zero attached hydrogens (tertiary/aromatic N) is 2. The summed E-state index contributed by atoms with van der Waals surface area (Å²) in [6, 6.07) is 4.92. The van der Waals surface area contributed by atoms with Crippen molar-refractivity contribution in [1.82, 2.24) is 10.1 Å². The summed E-state index contributed by atoms with van der Waals surface area (Å²) in [6.07, 6.45) is 0. The molecule has 0 radical (unpaired) electrons. The van der Waals surface area contributed by atoms with E-state index in [4.69, 9.17) is 14.4 Å². The largest absolute Gasteiger partial charge is 0.485 e. The molecular formula is C15H18N2O4. The maximum Gasteiger partial charge on any atom is 0.339 e. The summed E-state index contributed by atoms with van der Waals surface area (Å²) in [7, 11) is 0. The zero-order valence-corrected chi connectivity index (χ0v) is 12.5. The summed E-state index contributed by atoms with van der Waals surface area (Å²) in [4.78, 5) is 15.4. The lowest BCUT2D eigenvalue weighted by Crippen LogP contribution is -2.11. The molecule has 1 N–H and O–H groups in total.